The molecule has 0 spiro atoms. The molecular formula is C44H62ClN5O11. The number of hydrogen-bond acceptors (Lipinski definition) is 16. The molecule has 0 amide bonds. The Morgan fingerprint density at radius 2 is 1.75 bits per heavy atom. The summed E-state index contributed by atoms with van der Waals surface area (Å²) in [5.41, 5.74) is -0.437. The van der Waals surface area contributed by atoms with Crippen LogP contribution in [0.25, 0.3) is 11.4 Å². The molecule has 2 aromatic heterocycles. The average molecular weight is 872 g/mol. The lowest BCUT2D eigenvalue weighted by Gasteiger charge is -2.48. The number of carbonyl (C=O) groups excluding carboxylic acids is 3. The van der Waals surface area contributed by atoms with E-state index in [-0.39, 0.29) is 55.7 Å². The molecule has 1 N–H and O–H groups in total. The van der Waals surface area contributed by atoms with Gasteiger partial charge in [0.05, 0.1) is 60.9 Å². The van der Waals surface area contributed by atoms with Crippen molar-refractivity contribution in [1.29, 1.82) is 0 Å². The number of hydrogen-bond donors (Lipinski definition) is 1. The maximum absolute atomic E-state index is 14.6. The van der Waals surface area contributed by atoms with Crippen molar-refractivity contribution in [3.8, 4) is 11.4 Å². The largest absolute Gasteiger partial charge is 0.458 e. The molecule has 17 heteroatoms. The van der Waals surface area contributed by atoms with Gasteiger partial charge >= 0.3 is 11.9 Å². The van der Waals surface area contributed by atoms with Crippen molar-refractivity contribution < 1.29 is 52.7 Å². The van der Waals surface area contributed by atoms with Crippen LogP contribution in [0.5, 0.6) is 0 Å². The highest BCUT2D eigenvalue weighted by Gasteiger charge is 2.57. The topological polar surface area (TPSA) is 190 Å². The third-order valence-electron chi connectivity index (χ3n) is 13.1. The minimum atomic E-state index is -1.27. The summed E-state index contributed by atoms with van der Waals surface area (Å²) in [6.45, 7) is 14.5. The minimum Gasteiger partial charge on any atom is -0.458 e. The van der Waals surface area contributed by atoms with Crippen molar-refractivity contribution in [2.24, 2.45) is 34.7 Å². The first-order valence-corrected chi connectivity index (χ1v) is 21.7. The number of esters is 2. The van der Waals surface area contributed by atoms with E-state index >= 15 is 0 Å². The second-order valence-electron chi connectivity index (χ2n) is 17.9. The number of ether oxygens (including phenoxy) is 6. The summed E-state index contributed by atoms with van der Waals surface area (Å²) in [6, 6.07) is 8.51. The number of aromatic nitrogens is 3. The monoisotopic (exact) mass is 871 g/mol. The summed E-state index contributed by atoms with van der Waals surface area (Å²) in [4.78, 5) is 54.4. The van der Waals surface area contributed by atoms with Gasteiger partial charge in [-0.2, -0.15) is 0 Å². The van der Waals surface area contributed by atoms with Gasteiger partial charge in [-0.3, -0.25) is 14.4 Å². The molecule has 61 heavy (non-hydrogen) atoms. The Morgan fingerprint density at radius 3 is 2.44 bits per heavy atom. The number of fused-ring (bicyclic) bond motifs is 4. The van der Waals surface area contributed by atoms with E-state index in [0.717, 1.165) is 0 Å². The molecule has 4 aliphatic rings. The number of halogens is 1. The van der Waals surface area contributed by atoms with Crippen LogP contribution in [-0.4, -0.2) is 130 Å². The molecule has 14 atom stereocenters. The zero-order chi connectivity index (χ0) is 44.4. The predicted octanol–water partition coefficient (Wildman–Crippen LogP) is 5.21. The predicted molar refractivity (Wildman–Crippen MR) is 223 cm³/mol. The van der Waals surface area contributed by atoms with Crippen molar-refractivity contribution in [3.63, 3.8) is 0 Å². The number of oxime groups is 1. The number of nitrogens with zero attached hydrogens (tertiary/aromatic N) is 5. The number of pyridine rings is 1. The molecule has 4 aliphatic heterocycles. The van der Waals surface area contributed by atoms with Crippen LogP contribution in [0.1, 0.15) is 86.8 Å². The quantitative estimate of drug-likeness (QED) is 0.269. The zero-order valence-corrected chi connectivity index (χ0v) is 37.7. The van der Waals surface area contributed by atoms with Crippen molar-refractivity contribution in [1.82, 2.24) is 20.1 Å². The third-order valence-corrected chi connectivity index (χ3v) is 13.3. The lowest BCUT2D eigenvalue weighted by Crippen LogP contribution is -2.60. The standard InChI is InChI=1S/C44H62ClN5O11/c1-11-34-44(8)30(18-36(51)61-44)25(4)37(52)23(2)19-43(7)40(60-42-38(53)33(50(9)10)17-24(3)58-42)26(5)39(27(6)41(54)59-34)55-20-29(21-56-43)49-57-22-28-13-12-14-31(46-28)32-15-16-35(45)48-47-32/h12-16,23-27,30,33-34,38-40,42,53H,11,17-22H2,1-10H3/b49-29-/t23-,24-,25-,26+,27-,30+,33+,34-,38-,39+,40-,42+,43-,44+/m1/s1. The molecule has 0 aliphatic carbocycles. The number of aliphatic hydroxyl groups excluding tert-OH is 1. The molecule has 6 heterocycles. The van der Waals surface area contributed by atoms with Gasteiger partial charge in [0.25, 0.3) is 0 Å². The van der Waals surface area contributed by atoms with Crippen molar-refractivity contribution >= 4 is 35.0 Å². The second-order valence-corrected chi connectivity index (χ2v) is 18.3. The number of aliphatic hydroxyl groups is 1. The van der Waals surface area contributed by atoms with Crippen LogP contribution in [0, 0.1) is 29.6 Å². The Morgan fingerprint density at radius 1 is 1.00 bits per heavy atom. The SMILES string of the molecule is CC[C@H]1OC(=O)[C@H](C)[C@H]2OC/C(=N/OCc3cccc(-c4ccc(Cl)nn4)n3)CO[C@](C)(C[C@@H](C)C(=O)[C@H](C)[C@@H]3CC(=O)O[C@]13C)[C@H](O[C@@H]1O[C@H](C)C[C@H](N(C)C)[C@H]1O)[C@H]2C. The highest BCUT2D eigenvalue weighted by molar-refractivity contribution is 6.29. The van der Waals surface area contributed by atoms with Gasteiger partial charge in [0.1, 0.15) is 35.0 Å². The van der Waals surface area contributed by atoms with Crippen LogP contribution in [-0.2, 0) is 54.2 Å². The van der Waals surface area contributed by atoms with E-state index in [9.17, 15) is 19.5 Å². The summed E-state index contributed by atoms with van der Waals surface area (Å²) in [5.74, 6) is -4.40. The Bertz CT molecular complexity index is 1900. The van der Waals surface area contributed by atoms with E-state index in [0.29, 0.717) is 35.6 Å². The van der Waals surface area contributed by atoms with Gasteiger partial charge in [-0.05, 0) is 85.3 Å². The second kappa shape index (κ2) is 19.4. The van der Waals surface area contributed by atoms with Gasteiger partial charge in [-0.1, -0.05) is 50.5 Å². The van der Waals surface area contributed by atoms with Crippen molar-refractivity contribution in [2.45, 2.75) is 142 Å². The van der Waals surface area contributed by atoms with Gasteiger partial charge in [-0.25, -0.2) is 4.98 Å². The van der Waals surface area contributed by atoms with E-state index in [1.54, 1.807) is 38.1 Å². The van der Waals surface area contributed by atoms with Crippen molar-refractivity contribution in [3.05, 3.63) is 41.2 Å². The van der Waals surface area contributed by atoms with Gasteiger partial charge < -0.3 is 43.3 Å². The number of cyclic esters (lactones) is 1. The summed E-state index contributed by atoms with van der Waals surface area (Å²) in [5, 5.41) is 24.5. The molecule has 0 aromatic carbocycles. The van der Waals surface area contributed by atoms with Gasteiger partial charge in [0.15, 0.2) is 18.1 Å². The zero-order valence-electron chi connectivity index (χ0n) is 36.9. The molecule has 4 fully saturated rings. The third kappa shape index (κ3) is 10.3. The first-order chi connectivity index (χ1) is 28.8. The summed E-state index contributed by atoms with van der Waals surface area (Å²) < 4.78 is 39.0. The van der Waals surface area contributed by atoms with Crippen LogP contribution in [0.15, 0.2) is 35.5 Å². The molecule has 4 saturated heterocycles. The maximum atomic E-state index is 14.6. The smallest absolute Gasteiger partial charge is 0.311 e. The minimum absolute atomic E-state index is 0.00159. The van der Waals surface area contributed by atoms with Crippen LogP contribution in [0.4, 0.5) is 0 Å². The molecule has 336 valence electrons. The highest BCUT2D eigenvalue weighted by atomic mass is 35.5. The Kier molecular flexibility index (Phi) is 14.9. The lowest BCUT2D eigenvalue weighted by atomic mass is 9.70. The van der Waals surface area contributed by atoms with Crippen LogP contribution < -0.4 is 0 Å². The highest BCUT2D eigenvalue weighted by Crippen LogP contribution is 2.46. The van der Waals surface area contributed by atoms with Gasteiger partial charge in [0.2, 0.25) is 0 Å². The molecule has 6 rings (SSSR count). The van der Waals surface area contributed by atoms with Crippen LogP contribution >= 0.6 is 11.6 Å². The molecule has 2 aromatic rings. The summed E-state index contributed by atoms with van der Waals surface area (Å²) >= 11 is 5.93. The first-order valence-electron chi connectivity index (χ1n) is 21.3. The number of rotatable bonds is 8. The summed E-state index contributed by atoms with van der Waals surface area (Å²) in [6.07, 6.45) is -3.86. The van der Waals surface area contributed by atoms with E-state index in [4.69, 9.17) is 44.9 Å². The van der Waals surface area contributed by atoms with E-state index < -0.39 is 83.4 Å². The number of Topliss-reactive ketones (excluding diaryl/α,β-unsaturated/α-hetero) is 1. The fourth-order valence-electron chi connectivity index (χ4n) is 9.75. The fraction of sp³-hybridized carbons (Fsp3) is 0.705. The average Bonchev–Trinajstić information content (AvgIpc) is 3.55. The van der Waals surface area contributed by atoms with E-state index in [2.05, 4.69) is 20.3 Å². The molecule has 0 saturated carbocycles. The molecule has 2 bridgehead atoms. The molecule has 0 unspecified atom stereocenters. The Labute approximate surface area is 363 Å². The fourth-order valence-corrected chi connectivity index (χ4v) is 9.85. The van der Waals surface area contributed by atoms with Crippen LogP contribution in [0.3, 0.4) is 0 Å². The summed E-state index contributed by atoms with van der Waals surface area (Å²) in [7, 11) is 3.80. The van der Waals surface area contributed by atoms with Crippen molar-refractivity contribution in [2.75, 3.05) is 27.3 Å². The van der Waals surface area contributed by atoms with E-state index in [1.807, 2.05) is 66.6 Å². The Balaban J connectivity index is 1.38. The Hall–Kier alpha value is -3.64. The van der Waals surface area contributed by atoms with Gasteiger partial charge in [-0.15, -0.1) is 10.2 Å². The molecular weight excluding hydrogens is 810 g/mol. The number of carbonyl (C=O) groups is 3. The molecule has 0 radical (unpaired) electrons. The molecule has 16 nitrogen and oxygen atoms in total. The van der Waals surface area contributed by atoms with Gasteiger partial charge in [0, 0.05) is 29.7 Å². The number of likely N-dealkylation sites (N-methyl/N-ethyl adjacent to an activating group) is 1. The number of ketones is 1. The normalized spacial score (nSPS) is 38.5. The first kappa shape index (κ1) is 46.9. The maximum Gasteiger partial charge on any atom is 0.311 e. The lowest BCUT2D eigenvalue weighted by molar-refractivity contribution is -0.302. The van der Waals surface area contributed by atoms with E-state index in [1.165, 1.54) is 0 Å². The van der Waals surface area contributed by atoms with Crippen LogP contribution in [0.2, 0.25) is 5.15 Å².